The molecule has 1 heterocycles. The summed E-state index contributed by atoms with van der Waals surface area (Å²) in [6.07, 6.45) is 21.1. The number of fused-ring (bicyclic) bond motifs is 5. The molecule has 4 aromatic rings. The second-order valence-electron chi connectivity index (χ2n) is 30.4. The van der Waals surface area contributed by atoms with Gasteiger partial charge in [0, 0.05) is 70.3 Å². The normalized spacial score (nSPS) is 41.9. The first-order valence-corrected chi connectivity index (χ1v) is 33.5. The highest BCUT2D eigenvalue weighted by Gasteiger charge is 2.84. The fourth-order valence-corrected chi connectivity index (χ4v) is 24.5. The Morgan fingerprint density at radius 2 is 1.61 bits per heavy atom. The minimum absolute atomic E-state index is 0.00294. The van der Waals surface area contributed by atoms with Gasteiger partial charge in [-0.25, -0.2) is 0 Å². The van der Waals surface area contributed by atoms with Crippen molar-refractivity contribution in [2.75, 3.05) is 7.11 Å². The topological polar surface area (TPSA) is 180 Å². The summed E-state index contributed by atoms with van der Waals surface area (Å²) in [5, 5.41) is 93.5. The van der Waals surface area contributed by atoms with Crippen molar-refractivity contribution in [1.82, 2.24) is 5.32 Å². The molecule has 19 atom stereocenters. The summed E-state index contributed by atoms with van der Waals surface area (Å²) in [6.45, 7) is -0.394. The number of phenolic OH excluding ortho intramolecular Hbond substituents is 3. The van der Waals surface area contributed by atoms with Crippen LogP contribution in [0, 0.1) is 81.9 Å². The number of hydrogen-bond acceptors (Lipinski definition) is 10. The molecule has 87 heavy (non-hydrogen) atoms. The molecule has 17 bridgehead atoms. The van der Waals surface area contributed by atoms with Gasteiger partial charge in [0.05, 0.1) is 43.4 Å². The number of hydrogen-bond donors (Lipinski definition) is 8. The predicted octanol–water partition coefficient (Wildman–Crippen LogP) is 11.0. The molecule has 0 unspecified atom stereocenters. The minimum atomic E-state index is -1.71. The molecule has 1 aliphatic heterocycles. The molecule has 8 N–H and O–H groups in total. The molecule has 22 rings (SSSR count). The van der Waals surface area contributed by atoms with Crippen molar-refractivity contribution >= 4 is 5.78 Å². The van der Waals surface area contributed by atoms with Crippen LogP contribution >= 0.6 is 0 Å². The number of aromatic hydroxyl groups is 3. The lowest BCUT2D eigenvalue weighted by Gasteiger charge is -2.82. The number of allylic oxidation sites excluding steroid dienone is 5. The van der Waals surface area contributed by atoms with E-state index < -0.39 is 82.3 Å². The molecular weight excluding hydrogens is 1080 g/mol. The van der Waals surface area contributed by atoms with Gasteiger partial charge in [-0.3, -0.25) is 4.79 Å². The Labute approximate surface area is 510 Å². The molecule has 5 saturated carbocycles. The summed E-state index contributed by atoms with van der Waals surface area (Å²) >= 11 is 0. The number of ketones is 1. The maximum atomic E-state index is 17.5. The van der Waals surface area contributed by atoms with E-state index in [2.05, 4.69) is 71.5 Å². The number of carbonyl (C=O) groups excluding carboxylic acids is 1. The maximum absolute atomic E-state index is 17.5. The van der Waals surface area contributed by atoms with Crippen LogP contribution in [-0.2, 0) is 41.5 Å². The molecule has 4 aromatic carbocycles. The summed E-state index contributed by atoms with van der Waals surface area (Å²) in [4.78, 5) is 17.5. The summed E-state index contributed by atoms with van der Waals surface area (Å²) in [7, 11) is 1.52. The van der Waals surface area contributed by atoms with Crippen LogP contribution in [-0.4, -0.2) is 78.0 Å². The Kier molecular flexibility index (Phi) is 11.5. The van der Waals surface area contributed by atoms with Crippen LogP contribution < -0.4 is 10.1 Å². The number of piperidine rings is 1. The van der Waals surface area contributed by atoms with E-state index in [1.807, 2.05) is 30.3 Å². The molecule has 5 spiro atoms. The van der Waals surface area contributed by atoms with Crippen molar-refractivity contribution in [3.63, 3.8) is 0 Å². The van der Waals surface area contributed by atoms with Crippen molar-refractivity contribution in [3.8, 4) is 46.7 Å². The average molecular weight is 1160 g/mol. The van der Waals surface area contributed by atoms with Gasteiger partial charge in [-0.1, -0.05) is 110 Å². The molecule has 448 valence electrons. The van der Waals surface area contributed by atoms with Crippen molar-refractivity contribution < 1.29 is 45.3 Å². The van der Waals surface area contributed by atoms with Crippen LogP contribution in [0.3, 0.4) is 0 Å². The molecule has 6 fully saturated rings. The number of aliphatic hydroxyl groups is 4. The number of aryl methyl sites for hydroxylation is 1. The van der Waals surface area contributed by atoms with E-state index in [4.69, 9.17) is 4.74 Å². The lowest BCUT2D eigenvalue weighted by Crippen LogP contribution is -2.87. The molecule has 18 aliphatic rings. The van der Waals surface area contributed by atoms with Crippen LogP contribution in [0.5, 0.6) is 23.0 Å². The number of aliphatic hydroxyl groups excluding tert-OH is 3. The quantitative estimate of drug-likeness (QED) is 0.0545. The molecule has 0 aromatic heterocycles. The van der Waals surface area contributed by atoms with Crippen molar-refractivity contribution in [2.24, 2.45) is 58.2 Å². The molecule has 0 radical (unpaired) electrons. The van der Waals surface area contributed by atoms with Gasteiger partial charge in [-0.15, -0.1) is 5.92 Å². The van der Waals surface area contributed by atoms with E-state index in [1.54, 1.807) is 12.1 Å². The molecule has 17 aliphatic carbocycles. The predicted molar refractivity (Wildman–Crippen MR) is 329 cm³/mol. The highest BCUT2D eigenvalue weighted by atomic mass is 16.5. The Morgan fingerprint density at radius 1 is 0.782 bits per heavy atom. The third-order valence-corrected chi connectivity index (χ3v) is 27.5. The SMILES string of the molecule is COc1cc([C@@H]2CC(=O)[C@@H]3Cc4cc5cc6c4[C@H](C#CC[C@H]4N[C@@]78CC[C@@]3(O)[C@@H]([C@H]4C#C[C@@H]2Cc2ccccc2)[C@@]72c3cc(O)c(O)cc3[C@@H]3C[C@H]2[C@]24C[C@]37CCC[C@@H]7C=C2[C@@H]2C[C@@H](O)C(=CC2=C[C@H]4C8)C52CCCCC2)[C@@H](O)CC6)c(CO)cc1O. The molecule has 0 amide bonds. The Balaban J connectivity index is 1.00. The fraction of sp³-hybridized carbons (Fsp3) is 0.545. The fourth-order valence-electron chi connectivity index (χ4n) is 24.5. The first kappa shape index (κ1) is 53.9. The molecule has 10 nitrogen and oxygen atoms in total. The third kappa shape index (κ3) is 6.80. The van der Waals surface area contributed by atoms with Crippen LogP contribution in [0.2, 0.25) is 0 Å². The Hall–Kier alpha value is -6.11. The molecular formula is C77H81NO9. The maximum Gasteiger partial charge on any atom is 0.160 e. The van der Waals surface area contributed by atoms with Gasteiger partial charge in [-0.2, -0.15) is 0 Å². The number of rotatable bonds is 5. The number of methoxy groups -OCH3 is 1. The summed E-state index contributed by atoms with van der Waals surface area (Å²) in [5.41, 5.74) is 8.14. The standard InChI is InChI=1S/C77H81NO9/c1-87-68-35-53(46(39-79)30-67(68)85)52-32-64(82)60-29-45-27-48-25-43-16-18-62(80)51(70(43)45)13-8-14-61-50(17-15-42(52)24-41-10-4-2-5-11-41)71-76(60,86)23-22-74(78-61)38-49-26-44-28-59(72(48)19-6-3-7-20-72)63(81)33-54(44)57-31-47-12-9-21-73(47)40-75(49,57)69-37-56(73)55-34-65(83)66(84)36-58(55)77(69,71)74/h2,4-5,10-11,25-28,30-31,34-36,42,47,49-52,54,56,60-63,69,71,78-81,83-86H,3,6-7,9,12,14,16,18-24,29,32-33,37-40H2,1H3/t42-,47-,49+,50+,51-,52-,54-,56+,60+,61-,62+,63-,69+,71-,73+,74-,75+,76+,77+/m1/s1. The van der Waals surface area contributed by atoms with Gasteiger partial charge < -0.3 is 45.8 Å². The number of benzene rings is 4. The van der Waals surface area contributed by atoms with Gasteiger partial charge in [0.15, 0.2) is 23.0 Å². The van der Waals surface area contributed by atoms with Crippen LogP contribution in [0.1, 0.15) is 177 Å². The monoisotopic (exact) mass is 1160 g/mol. The van der Waals surface area contributed by atoms with Crippen molar-refractivity contribution in [1.29, 1.82) is 0 Å². The van der Waals surface area contributed by atoms with Crippen LogP contribution in [0.25, 0.3) is 0 Å². The van der Waals surface area contributed by atoms with Crippen molar-refractivity contribution in [3.05, 3.63) is 152 Å². The van der Waals surface area contributed by atoms with E-state index in [0.29, 0.717) is 62.0 Å². The summed E-state index contributed by atoms with van der Waals surface area (Å²) < 4.78 is 5.84. The van der Waals surface area contributed by atoms with Crippen molar-refractivity contribution in [2.45, 2.75) is 193 Å². The van der Waals surface area contributed by atoms with E-state index >= 15 is 9.90 Å². The molecule has 1 saturated heterocycles. The Morgan fingerprint density at radius 3 is 2.44 bits per heavy atom. The summed E-state index contributed by atoms with van der Waals surface area (Å²) in [6, 6.07) is 21.9. The van der Waals surface area contributed by atoms with Gasteiger partial charge in [-0.05, 0) is 204 Å². The second kappa shape index (κ2) is 18.5. The highest BCUT2D eigenvalue weighted by Crippen LogP contribution is 2.85. The first-order chi connectivity index (χ1) is 42.2. The first-order valence-electron chi connectivity index (χ1n) is 33.5. The van der Waals surface area contributed by atoms with Gasteiger partial charge in [0.25, 0.3) is 0 Å². The number of Topliss-reactive ketones (excluding diaryl/α,β-unsaturated/α-hetero) is 1. The number of ether oxygens (including phenoxy) is 1. The van der Waals surface area contributed by atoms with E-state index in [1.165, 1.54) is 18.3 Å². The van der Waals surface area contributed by atoms with E-state index in [0.717, 1.165) is 115 Å². The number of carbonyl (C=O) groups is 1. The largest absolute Gasteiger partial charge is 0.504 e. The zero-order chi connectivity index (χ0) is 58.9. The minimum Gasteiger partial charge on any atom is -0.504 e. The third-order valence-electron chi connectivity index (χ3n) is 27.5. The highest BCUT2D eigenvalue weighted by molar-refractivity contribution is 5.84. The van der Waals surface area contributed by atoms with E-state index in [9.17, 15) is 30.6 Å². The number of phenols is 3. The molecule has 10 heteroatoms. The van der Waals surface area contributed by atoms with Crippen LogP contribution in [0.15, 0.2) is 102 Å². The van der Waals surface area contributed by atoms with Crippen LogP contribution in [0.4, 0.5) is 0 Å². The smallest absolute Gasteiger partial charge is 0.160 e. The van der Waals surface area contributed by atoms with E-state index in [-0.39, 0.29) is 76.1 Å². The zero-order valence-electron chi connectivity index (χ0n) is 50.0. The lowest BCUT2D eigenvalue weighted by atomic mass is 9.23. The average Bonchev–Trinajstić information content (AvgIpc) is 1.21. The summed E-state index contributed by atoms with van der Waals surface area (Å²) in [5.74, 6) is 12.0. The number of nitrogens with one attached hydrogen (secondary N) is 1. The van der Waals surface area contributed by atoms with Gasteiger partial charge in [0.2, 0.25) is 0 Å². The van der Waals surface area contributed by atoms with Gasteiger partial charge >= 0.3 is 0 Å². The zero-order valence-corrected chi connectivity index (χ0v) is 50.0. The Bertz CT molecular complexity index is 3910. The van der Waals surface area contributed by atoms with Gasteiger partial charge in [0.1, 0.15) is 5.78 Å². The lowest BCUT2D eigenvalue weighted by molar-refractivity contribution is -0.261. The second-order valence-corrected chi connectivity index (χ2v) is 30.4.